The van der Waals surface area contributed by atoms with Gasteiger partial charge in [0.25, 0.3) is 6.17 Å². The van der Waals surface area contributed by atoms with Crippen LogP contribution in [0.5, 0.6) is 11.5 Å². The summed E-state index contributed by atoms with van der Waals surface area (Å²) >= 11 is 0. The molecule has 0 radical (unpaired) electrons. The minimum absolute atomic E-state index is 0.152. The molecule has 3 aromatic carbocycles. The number of carbonyl (C=O) groups is 1. The number of aryl methyl sites for hydroxylation is 1. The number of hydrogen-bond acceptors (Lipinski definition) is 8. The molecule has 1 aromatic heterocycles. The van der Waals surface area contributed by atoms with Crippen molar-refractivity contribution in [2.75, 3.05) is 20.3 Å². The van der Waals surface area contributed by atoms with E-state index in [2.05, 4.69) is 10.3 Å². The van der Waals surface area contributed by atoms with Gasteiger partial charge in [0.2, 0.25) is 0 Å². The Morgan fingerprint density at radius 2 is 2.03 bits per heavy atom. The molecular formula is C27H27N5O6. The van der Waals surface area contributed by atoms with E-state index in [1.807, 2.05) is 36.4 Å². The number of fused-ring (bicyclic) bond motifs is 2. The smallest absolute Gasteiger partial charge is 0.304 e. The molecule has 2 atom stereocenters. The van der Waals surface area contributed by atoms with Crippen LogP contribution >= 0.6 is 0 Å². The molecule has 0 bridgehead atoms. The van der Waals surface area contributed by atoms with Crippen molar-refractivity contribution in [1.29, 1.82) is 0 Å². The summed E-state index contributed by atoms with van der Waals surface area (Å²) < 4.78 is 13.0. The summed E-state index contributed by atoms with van der Waals surface area (Å²) in [6.45, 7) is 0.980. The second-order valence-corrected chi connectivity index (χ2v) is 9.22. The number of para-hydroxylation sites is 1. The number of benzene rings is 3. The molecule has 2 unspecified atom stereocenters. The van der Waals surface area contributed by atoms with Crippen LogP contribution < -0.4 is 9.47 Å². The molecule has 11 heteroatoms. The van der Waals surface area contributed by atoms with Crippen LogP contribution in [0.25, 0.3) is 11.0 Å². The van der Waals surface area contributed by atoms with E-state index >= 15 is 0 Å². The van der Waals surface area contributed by atoms with E-state index in [-0.39, 0.29) is 11.3 Å². The van der Waals surface area contributed by atoms with Crippen molar-refractivity contribution < 1.29 is 24.3 Å². The Morgan fingerprint density at radius 1 is 1.21 bits per heavy atom. The Labute approximate surface area is 218 Å². The van der Waals surface area contributed by atoms with Gasteiger partial charge < -0.3 is 14.6 Å². The minimum atomic E-state index is -1.06. The highest BCUT2D eigenvalue weighted by Gasteiger charge is 2.35. The molecule has 5 rings (SSSR count). The van der Waals surface area contributed by atoms with E-state index in [1.54, 1.807) is 48.0 Å². The summed E-state index contributed by atoms with van der Waals surface area (Å²) in [5, 5.41) is 30.1. The van der Waals surface area contributed by atoms with Gasteiger partial charge in [0.1, 0.15) is 29.1 Å². The molecule has 2 heterocycles. The van der Waals surface area contributed by atoms with Crippen LogP contribution in [0, 0.1) is 10.1 Å². The fourth-order valence-electron chi connectivity index (χ4n) is 5.11. The number of aliphatic carboxylic acids is 1. The number of carboxylic acid groups (broad SMARTS) is 1. The molecule has 11 nitrogen and oxygen atoms in total. The molecule has 1 N–H and O–H groups in total. The number of rotatable bonds is 8. The highest BCUT2D eigenvalue weighted by Crippen LogP contribution is 2.36. The van der Waals surface area contributed by atoms with Crippen molar-refractivity contribution in [2.24, 2.45) is 7.05 Å². The summed E-state index contributed by atoms with van der Waals surface area (Å²) in [6.07, 6.45) is -1.21. The van der Waals surface area contributed by atoms with Crippen LogP contribution in [0.1, 0.15) is 40.8 Å². The quantitative estimate of drug-likeness (QED) is 0.274. The van der Waals surface area contributed by atoms with Crippen molar-refractivity contribution in [3.8, 4) is 11.5 Å². The standard InChI is InChI=1S/C27H27N5O6/c1-30-26-22(28-29-30)13-19(14-24(26)37-2)21(15-25(33)34)18-7-5-6-17(12-18)16-31-10-11-38-23-9-4-3-8-20(23)27(31)32(35)36/h3-9,12-14,21,27H,10-11,15-16H2,1-2H3,(H,33,34). The maximum absolute atomic E-state index is 12.1. The first-order valence-corrected chi connectivity index (χ1v) is 12.1. The Balaban J connectivity index is 1.50. The number of methoxy groups -OCH3 is 1. The first-order chi connectivity index (χ1) is 18.4. The maximum Gasteiger partial charge on any atom is 0.304 e. The van der Waals surface area contributed by atoms with Crippen molar-refractivity contribution in [3.05, 3.63) is 93.0 Å². The second-order valence-electron chi connectivity index (χ2n) is 9.22. The number of hydrogen-bond donors (Lipinski definition) is 1. The zero-order valence-corrected chi connectivity index (χ0v) is 21.0. The average Bonchev–Trinajstić information content (AvgIpc) is 3.17. The number of aromatic nitrogens is 3. The van der Waals surface area contributed by atoms with Crippen LogP contribution in [0.2, 0.25) is 0 Å². The van der Waals surface area contributed by atoms with E-state index in [0.717, 1.165) is 16.7 Å². The third-order valence-corrected chi connectivity index (χ3v) is 6.81. The molecule has 196 valence electrons. The van der Waals surface area contributed by atoms with Gasteiger partial charge in [-0.1, -0.05) is 41.6 Å². The van der Waals surface area contributed by atoms with Crippen molar-refractivity contribution >= 4 is 17.0 Å². The SMILES string of the molecule is COc1cc(C(CC(=O)O)c2cccc(CN3CCOc4ccccc4C3[N+](=O)[O-])c2)cc2nnn(C)c12. The molecule has 0 saturated carbocycles. The molecule has 4 aromatic rings. The fraction of sp³-hybridized carbons (Fsp3) is 0.296. The largest absolute Gasteiger partial charge is 0.494 e. The topological polar surface area (TPSA) is 133 Å². The molecule has 0 aliphatic carbocycles. The van der Waals surface area contributed by atoms with Gasteiger partial charge in [-0.15, -0.1) is 5.10 Å². The molecule has 1 aliphatic heterocycles. The molecular weight excluding hydrogens is 490 g/mol. The number of nitro groups is 1. The zero-order valence-electron chi connectivity index (χ0n) is 21.0. The zero-order chi connectivity index (χ0) is 26.8. The number of carboxylic acids is 1. The van der Waals surface area contributed by atoms with Gasteiger partial charge in [-0.2, -0.15) is 0 Å². The summed E-state index contributed by atoms with van der Waals surface area (Å²) in [4.78, 5) is 25.5. The lowest BCUT2D eigenvalue weighted by Crippen LogP contribution is -2.34. The van der Waals surface area contributed by atoms with E-state index in [4.69, 9.17) is 9.47 Å². The van der Waals surface area contributed by atoms with Gasteiger partial charge in [-0.05, 0) is 41.0 Å². The van der Waals surface area contributed by atoms with Gasteiger partial charge in [0.05, 0.1) is 19.1 Å². The normalized spacial score (nSPS) is 16.3. The van der Waals surface area contributed by atoms with E-state index in [0.29, 0.717) is 47.8 Å². The van der Waals surface area contributed by atoms with Gasteiger partial charge >= 0.3 is 5.97 Å². The first-order valence-electron chi connectivity index (χ1n) is 12.1. The predicted molar refractivity (Wildman–Crippen MR) is 138 cm³/mol. The first kappa shape index (κ1) is 25.2. The van der Waals surface area contributed by atoms with Crippen molar-refractivity contribution in [1.82, 2.24) is 19.9 Å². The van der Waals surface area contributed by atoms with Gasteiger partial charge in [0.15, 0.2) is 0 Å². The van der Waals surface area contributed by atoms with Crippen LogP contribution in [0.3, 0.4) is 0 Å². The second kappa shape index (κ2) is 10.5. The summed E-state index contributed by atoms with van der Waals surface area (Å²) in [7, 11) is 3.31. The number of ether oxygens (including phenoxy) is 2. The van der Waals surface area contributed by atoms with Crippen molar-refractivity contribution in [2.45, 2.75) is 25.0 Å². The number of nitrogens with zero attached hydrogens (tertiary/aromatic N) is 5. The fourth-order valence-corrected chi connectivity index (χ4v) is 5.11. The summed E-state index contributed by atoms with van der Waals surface area (Å²) in [5.74, 6) is -0.380. The van der Waals surface area contributed by atoms with Gasteiger partial charge in [-0.25, -0.2) is 9.58 Å². The molecule has 0 saturated heterocycles. The molecule has 38 heavy (non-hydrogen) atoms. The third kappa shape index (κ3) is 4.88. The molecule has 0 amide bonds. The molecule has 1 aliphatic rings. The third-order valence-electron chi connectivity index (χ3n) is 6.81. The summed E-state index contributed by atoms with van der Waals surface area (Å²) in [5.41, 5.74) is 4.17. The van der Waals surface area contributed by atoms with E-state index in [9.17, 15) is 20.0 Å². The minimum Gasteiger partial charge on any atom is -0.494 e. The predicted octanol–water partition coefficient (Wildman–Crippen LogP) is 3.75. The monoisotopic (exact) mass is 517 g/mol. The van der Waals surface area contributed by atoms with Crippen LogP contribution in [0.4, 0.5) is 0 Å². The van der Waals surface area contributed by atoms with Crippen LogP contribution in [0.15, 0.2) is 60.7 Å². The summed E-state index contributed by atoms with van der Waals surface area (Å²) in [6, 6.07) is 18.2. The van der Waals surface area contributed by atoms with Gasteiger partial charge in [-0.3, -0.25) is 14.9 Å². The van der Waals surface area contributed by atoms with Crippen LogP contribution in [-0.4, -0.2) is 56.2 Å². The maximum atomic E-state index is 12.1. The van der Waals surface area contributed by atoms with Crippen molar-refractivity contribution in [3.63, 3.8) is 0 Å². The average molecular weight is 518 g/mol. The Bertz CT molecular complexity index is 1500. The Morgan fingerprint density at radius 3 is 2.79 bits per heavy atom. The highest BCUT2D eigenvalue weighted by atomic mass is 16.6. The molecule has 0 spiro atoms. The van der Waals surface area contributed by atoms with E-state index in [1.165, 1.54) is 0 Å². The lowest BCUT2D eigenvalue weighted by molar-refractivity contribution is -0.558. The lowest BCUT2D eigenvalue weighted by Gasteiger charge is -2.24. The van der Waals surface area contributed by atoms with E-state index < -0.39 is 18.1 Å². The Hall–Kier alpha value is -4.51. The molecule has 0 fully saturated rings. The highest BCUT2D eigenvalue weighted by molar-refractivity contribution is 5.83. The Kier molecular flexibility index (Phi) is 6.93. The van der Waals surface area contributed by atoms with Gasteiger partial charge in [0, 0.05) is 31.0 Å². The lowest BCUT2D eigenvalue weighted by atomic mass is 9.87. The van der Waals surface area contributed by atoms with Crippen LogP contribution in [-0.2, 0) is 18.4 Å².